The van der Waals surface area contributed by atoms with Crippen molar-refractivity contribution in [2.45, 2.75) is 0 Å². The summed E-state index contributed by atoms with van der Waals surface area (Å²) in [5.41, 5.74) is 8.80. The van der Waals surface area contributed by atoms with E-state index in [4.69, 9.17) is 19.4 Å². The minimum Gasteiger partial charge on any atom is -0.455 e. The van der Waals surface area contributed by atoms with Crippen molar-refractivity contribution in [3.8, 4) is 56.4 Å². The molecule has 0 saturated carbocycles. The van der Waals surface area contributed by atoms with E-state index in [1.54, 1.807) is 0 Å². The monoisotopic (exact) mass is 651 g/mol. The number of benzene rings is 8. The maximum atomic E-state index is 6.99. The van der Waals surface area contributed by atoms with Crippen molar-refractivity contribution < 1.29 is 4.42 Å². The molecule has 0 aliphatic rings. The summed E-state index contributed by atoms with van der Waals surface area (Å²) in [4.78, 5) is 15.2. The molecule has 0 amide bonds. The van der Waals surface area contributed by atoms with E-state index in [0.29, 0.717) is 17.5 Å². The molecular formula is C47H29N3O. The molecular weight excluding hydrogens is 623 g/mol. The fraction of sp³-hybridized carbons (Fsp3) is 0. The van der Waals surface area contributed by atoms with Gasteiger partial charge in [-0.25, -0.2) is 15.0 Å². The Morgan fingerprint density at radius 2 is 0.882 bits per heavy atom. The SMILES string of the molecule is c1ccc(-c2ccc(-c3c4ccccc4cc4c3oc3c(-c5nc(-c6ccccc6)nc(-c6ccc7ccccc7c6)n5)cccc34)cc2)cc1. The second-order valence-corrected chi connectivity index (χ2v) is 12.8. The summed E-state index contributed by atoms with van der Waals surface area (Å²) in [5.74, 6) is 1.79. The number of rotatable bonds is 5. The summed E-state index contributed by atoms with van der Waals surface area (Å²) in [6, 6.07) is 61.0. The number of hydrogen-bond acceptors (Lipinski definition) is 4. The van der Waals surface area contributed by atoms with Crippen molar-refractivity contribution in [3.63, 3.8) is 0 Å². The van der Waals surface area contributed by atoms with Gasteiger partial charge < -0.3 is 4.42 Å². The predicted molar refractivity (Wildman–Crippen MR) is 209 cm³/mol. The molecule has 2 heterocycles. The highest BCUT2D eigenvalue weighted by Crippen LogP contribution is 2.43. The van der Waals surface area contributed by atoms with E-state index in [1.165, 1.54) is 16.5 Å². The Morgan fingerprint density at radius 3 is 1.67 bits per heavy atom. The second-order valence-electron chi connectivity index (χ2n) is 12.8. The molecule has 8 aromatic carbocycles. The lowest BCUT2D eigenvalue weighted by atomic mass is 9.94. The molecule has 4 heteroatoms. The van der Waals surface area contributed by atoms with Gasteiger partial charge in [-0.3, -0.25) is 0 Å². The summed E-state index contributed by atoms with van der Waals surface area (Å²) >= 11 is 0. The van der Waals surface area contributed by atoms with Gasteiger partial charge in [-0.05, 0) is 56.4 Å². The highest BCUT2D eigenvalue weighted by atomic mass is 16.3. The average molecular weight is 652 g/mol. The lowest BCUT2D eigenvalue weighted by Gasteiger charge is -2.10. The molecule has 10 rings (SSSR count). The molecule has 2 aromatic heterocycles. The van der Waals surface area contributed by atoms with Gasteiger partial charge >= 0.3 is 0 Å². The molecule has 0 unspecified atom stereocenters. The van der Waals surface area contributed by atoms with Crippen LogP contribution in [0.2, 0.25) is 0 Å². The van der Waals surface area contributed by atoms with E-state index in [-0.39, 0.29) is 0 Å². The van der Waals surface area contributed by atoms with E-state index in [9.17, 15) is 0 Å². The fourth-order valence-corrected chi connectivity index (χ4v) is 7.19. The third-order valence-corrected chi connectivity index (χ3v) is 9.71. The van der Waals surface area contributed by atoms with Crippen molar-refractivity contribution >= 4 is 43.5 Å². The van der Waals surface area contributed by atoms with E-state index in [0.717, 1.165) is 65.9 Å². The smallest absolute Gasteiger partial charge is 0.167 e. The number of furan rings is 1. The molecule has 0 fully saturated rings. The largest absolute Gasteiger partial charge is 0.455 e. The summed E-state index contributed by atoms with van der Waals surface area (Å²) < 4.78 is 6.99. The van der Waals surface area contributed by atoms with Crippen molar-refractivity contribution in [1.82, 2.24) is 15.0 Å². The standard InChI is InChI=1S/C47H29N3O/c1-3-12-30(13-4-1)32-22-25-33(26-23-32)42-38-19-10-9-18-36(38)29-41-39-20-11-21-40(43(39)51-44(41)42)47-49-45(34-15-5-2-6-16-34)48-46(50-47)37-27-24-31-14-7-8-17-35(31)28-37/h1-29H. The topological polar surface area (TPSA) is 51.8 Å². The van der Waals surface area contributed by atoms with Gasteiger partial charge in [-0.2, -0.15) is 0 Å². The zero-order valence-electron chi connectivity index (χ0n) is 27.5. The van der Waals surface area contributed by atoms with Crippen LogP contribution in [-0.4, -0.2) is 15.0 Å². The molecule has 0 aliphatic heterocycles. The van der Waals surface area contributed by atoms with Crippen molar-refractivity contribution in [2.75, 3.05) is 0 Å². The van der Waals surface area contributed by atoms with Gasteiger partial charge in [0.25, 0.3) is 0 Å². The number of aromatic nitrogens is 3. The van der Waals surface area contributed by atoms with E-state index in [2.05, 4.69) is 133 Å². The molecule has 0 aliphatic carbocycles. The quantitative estimate of drug-likeness (QED) is 0.186. The summed E-state index contributed by atoms with van der Waals surface area (Å²) in [7, 11) is 0. The first kappa shape index (κ1) is 29.0. The van der Waals surface area contributed by atoms with Crippen LogP contribution in [-0.2, 0) is 0 Å². The normalized spacial score (nSPS) is 11.5. The van der Waals surface area contributed by atoms with E-state index >= 15 is 0 Å². The minimum absolute atomic E-state index is 0.565. The Hall–Kier alpha value is -6.91. The predicted octanol–water partition coefficient (Wildman–Crippen LogP) is 12.4. The molecule has 0 N–H and O–H groups in total. The number of nitrogens with zero attached hydrogens (tertiary/aromatic N) is 3. The van der Waals surface area contributed by atoms with Gasteiger partial charge in [0.2, 0.25) is 0 Å². The van der Waals surface area contributed by atoms with Crippen LogP contribution in [0.3, 0.4) is 0 Å². The van der Waals surface area contributed by atoms with Crippen LogP contribution in [0.1, 0.15) is 0 Å². The molecule has 0 bridgehead atoms. The molecule has 10 aromatic rings. The van der Waals surface area contributed by atoms with Crippen LogP contribution in [0.25, 0.3) is 99.9 Å². The lowest BCUT2D eigenvalue weighted by Crippen LogP contribution is -2.00. The van der Waals surface area contributed by atoms with Crippen molar-refractivity contribution in [2.24, 2.45) is 0 Å². The number of hydrogen-bond donors (Lipinski definition) is 0. The first-order valence-electron chi connectivity index (χ1n) is 17.1. The molecule has 0 spiro atoms. The number of fused-ring (bicyclic) bond motifs is 5. The Bertz CT molecular complexity index is 2900. The maximum absolute atomic E-state index is 6.99. The van der Waals surface area contributed by atoms with Gasteiger partial charge in [-0.15, -0.1) is 0 Å². The third-order valence-electron chi connectivity index (χ3n) is 9.71. The fourth-order valence-electron chi connectivity index (χ4n) is 7.19. The van der Waals surface area contributed by atoms with Crippen LogP contribution in [0.15, 0.2) is 180 Å². The van der Waals surface area contributed by atoms with Gasteiger partial charge in [0, 0.05) is 27.5 Å². The van der Waals surface area contributed by atoms with E-state index in [1.807, 2.05) is 42.5 Å². The average Bonchev–Trinajstić information content (AvgIpc) is 3.58. The first-order valence-corrected chi connectivity index (χ1v) is 17.1. The second kappa shape index (κ2) is 11.9. The molecule has 238 valence electrons. The Morgan fingerprint density at radius 1 is 0.314 bits per heavy atom. The number of para-hydroxylation sites is 1. The molecule has 0 atom stereocenters. The maximum Gasteiger partial charge on any atom is 0.167 e. The van der Waals surface area contributed by atoms with Gasteiger partial charge in [0.15, 0.2) is 17.5 Å². The molecule has 4 nitrogen and oxygen atoms in total. The highest BCUT2D eigenvalue weighted by molar-refractivity contribution is 6.19. The van der Waals surface area contributed by atoms with Gasteiger partial charge in [0.05, 0.1) is 5.56 Å². The molecule has 51 heavy (non-hydrogen) atoms. The van der Waals surface area contributed by atoms with Crippen LogP contribution in [0.4, 0.5) is 0 Å². The van der Waals surface area contributed by atoms with Crippen LogP contribution in [0, 0.1) is 0 Å². The van der Waals surface area contributed by atoms with Crippen LogP contribution >= 0.6 is 0 Å². The first-order chi connectivity index (χ1) is 25.3. The lowest BCUT2D eigenvalue weighted by molar-refractivity contribution is 0.671. The van der Waals surface area contributed by atoms with Crippen LogP contribution in [0.5, 0.6) is 0 Å². The van der Waals surface area contributed by atoms with E-state index < -0.39 is 0 Å². The summed E-state index contributed by atoms with van der Waals surface area (Å²) in [6.45, 7) is 0. The Kier molecular flexibility index (Phi) is 6.78. The minimum atomic E-state index is 0.565. The van der Waals surface area contributed by atoms with Crippen molar-refractivity contribution in [1.29, 1.82) is 0 Å². The van der Waals surface area contributed by atoms with Gasteiger partial charge in [-0.1, -0.05) is 158 Å². The zero-order valence-corrected chi connectivity index (χ0v) is 27.5. The molecule has 0 radical (unpaired) electrons. The van der Waals surface area contributed by atoms with Crippen LogP contribution < -0.4 is 0 Å². The summed E-state index contributed by atoms with van der Waals surface area (Å²) in [6.07, 6.45) is 0. The highest BCUT2D eigenvalue weighted by Gasteiger charge is 2.21. The Balaban J connectivity index is 1.20. The molecule has 0 saturated heterocycles. The Labute approximate surface area is 294 Å². The van der Waals surface area contributed by atoms with Crippen molar-refractivity contribution in [3.05, 3.63) is 176 Å². The summed E-state index contributed by atoms with van der Waals surface area (Å²) in [5, 5.41) is 6.68. The third kappa shape index (κ3) is 5.04. The van der Waals surface area contributed by atoms with Gasteiger partial charge in [0.1, 0.15) is 11.2 Å². The zero-order chi connectivity index (χ0) is 33.7.